The van der Waals surface area contributed by atoms with E-state index in [0.29, 0.717) is 0 Å². The summed E-state index contributed by atoms with van der Waals surface area (Å²) in [6, 6.07) is 10.4. The van der Waals surface area contributed by atoms with Gasteiger partial charge in [0, 0.05) is 4.47 Å². The lowest BCUT2D eigenvalue weighted by atomic mass is 10.1. The Hall–Kier alpha value is -1.48. The molecule has 2 aromatic rings. The molecule has 0 aliphatic heterocycles. The van der Waals surface area contributed by atoms with Gasteiger partial charge in [-0.25, -0.2) is 0 Å². The molecular weight excluding hydrogens is 300 g/mol. The molecule has 2 rings (SSSR count). The van der Waals surface area contributed by atoms with Gasteiger partial charge < -0.3 is 0 Å². The Morgan fingerprint density at radius 2 is 1.32 bits per heavy atom. The molecule has 0 aromatic heterocycles. The van der Waals surface area contributed by atoms with Crippen LogP contribution in [0.2, 0.25) is 0 Å². The van der Waals surface area contributed by atoms with E-state index in [-0.39, 0.29) is 0 Å². The molecule has 0 unspecified atom stereocenters. The molecule has 2 nitrogen and oxygen atoms in total. The van der Waals surface area contributed by atoms with Crippen LogP contribution < -0.4 is 0 Å². The van der Waals surface area contributed by atoms with E-state index in [2.05, 4.69) is 66.0 Å². The lowest BCUT2D eigenvalue weighted by Gasteiger charge is -2.04. The van der Waals surface area contributed by atoms with Crippen molar-refractivity contribution in [2.45, 2.75) is 27.7 Å². The van der Waals surface area contributed by atoms with Gasteiger partial charge in [0.25, 0.3) is 0 Å². The van der Waals surface area contributed by atoms with E-state index in [1.165, 1.54) is 22.3 Å². The SMILES string of the molecule is Cc1cc(C)cc(N=Nc2cc(C)cc(C)c2Br)c1. The molecule has 19 heavy (non-hydrogen) atoms. The van der Waals surface area contributed by atoms with Crippen LogP contribution in [0.3, 0.4) is 0 Å². The van der Waals surface area contributed by atoms with Crippen LogP contribution in [-0.2, 0) is 0 Å². The maximum Gasteiger partial charge on any atom is 0.100 e. The number of nitrogens with zero attached hydrogens (tertiary/aromatic N) is 2. The van der Waals surface area contributed by atoms with Crippen LogP contribution in [0.25, 0.3) is 0 Å². The molecule has 98 valence electrons. The van der Waals surface area contributed by atoms with Gasteiger partial charge >= 0.3 is 0 Å². The van der Waals surface area contributed by atoms with Crippen molar-refractivity contribution in [1.29, 1.82) is 0 Å². The lowest BCUT2D eigenvalue weighted by Crippen LogP contribution is -1.80. The van der Waals surface area contributed by atoms with Crippen LogP contribution in [0, 0.1) is 27.7 Å². The average molecular weight is 317 g/mol. The third-order valence-corrected chi connectivity index (χ3v) is 3.89. The summed E-state index contributed by atoms with van der Waals surface area (Å²) in [5.74, 6) is 0. The summed E-state index contributed by atoms with van der Waals surface area (Å²) in [5.41, 5.74) is 6.53. The second-order valence-corrected chi connectivity index (χ2v) is 5.75. The zero-order valence-corrected chi connectivity index (χ0v) is 13.2. The van der Waals surface area contributed by atoms with Gasteiger partial charge in [-0.1, -0.05) is 12.1 Å². The first-order valence-electron chi connectivity index (χ1n) is 6.22. The monoisotopic (exact) mass is 316 g/mol. The zero-order chi connectivity index (χ0) is 14.0. The number of aryl methyl sites for hydroxylation is 4. The molecular formula is C16H17BrN2. The van der Waals surface area contributed by atoms with Crippen molar-refractivity contribution in [2.75, 3.05) is 0 Å². The molecule has 0 saturated carbocycles. The Bertz CT molecular complexity index is 625. The molecule has 0 heterocycles. The average Bonchev–Trinajstić information content (AvgIpc) is 2.30. The first-order valence-corrected chi connectivity index (χ1v) is 7.02. The predicted octanol–water partition coefficient (Wildman–Crippen LogP) is 6.10. The van der Waals surface area contributed by atoms with Crippen molar-refractivity contribution >= 4 is 27.3 Å². The molecule has 0 bridgehead atoms. The Morgan fingerprint density at radius 1 is 0.737 bits per heavy atom. The molecule has 3 heteroatoms. The summed E-state index contributed by atoms with van der Waals surface area (Å²) in [7, 11) is 0. The molecule has 2 aromatic carbocycles. The quantitative estimate of drug-likeness (QED) is 0.598. The molecule has 0 aliphatic rings. The summed E-state index contributed by atoms with van der Waals surface area (Å²) in [5, 5.41) is 8.69. The van der Waals surface area contributed by atoms with E-state index in [9.17, 15) is 0 Å². The van der Waals surface area contributed by atoms with Crippen molar-refractivity contribution < 1.29 is 0 Å². The molecule has 0 saturated heterocycles. The van der Waals surface area contributed by atoms with E-state index in [1.54, 1.807) is 0 Å². The highest BCUT2D eigenvalue weighted by molar-refractivity contribution is 9.10. The highest BCUT2D eigenvalue weighted by Gasteiger charge is 2.03. The summed E-state index contributed by atoms with van der Waals surface area (Å²) < 4.78 is 1.01. The van der Waals surface area contributed by atoms with Crippen LogP contribution in [-0.4, -0.2) is 0 Å². The second-order valence-electron chi connectivity index (χ2n) is 4.96. The zero-order valence-electron chi connectivity index (χ0n) is 11.7. The first-order chi connectivity index (χ1) is 8.95. The number of hydrogen-bond donors (Lipinski definition) is 0. The van der Waals surface area contributed by atoms with Crippen LogP contribution >= 0.6 is 15.9 Å². The van der Waals surface area contributed by atoms with Gasteiger partial charge in [0.1, 0.15) is 5.69 Å². The Balaban J connectivity index is 2.37. The minimum Gasteiger partial charge on any atom is -0.151 e. The third kappa shape index (κ3) is 3.51. The van der Waals surface area contributed by atoms with Crippen LogP contribution in [0.5, 0.6) is 0 Å². The van der Waals surface area contributed by atoms with E-state index < -0.39 is 0 Å². The van der Waals surface area contributed by atoms with E-state index in [1.807, 2.05) is 18.2 Å². The number of benzene rings is 2. The molecule has 0 radical (unpaired) electrons. The second kappa shape index (κ2) is 5.66. The highest BCUT2D eigenvalue weighted by atomic mass is 79.9. The summed E-state index contributed by atoms with van der Waals surface area (Å²) in [6.45, 7) is 8.26. The van der Waals surface area contributed by atoms with Crippen LogP contribution in [0.1, 0.15) is 22.3 Å². The largest absolute Gasteiger partial charge is 0.151 e. The fraction of sp³-hybridized carbons (Fsp3) is 0.250. The van der Waals surface area contributed by atoms with E-state index in [0.717, 1.165) is 15.8 Å². The van der Waals surface area contributed by atoms with Gasteiger partial charge in [-0.3, -0.25) is 0 Å². The molecule has 0 spiro atoms. The van der Waals surface area contributed by atoms with Gasteiger partial charge in [-0.05, 0) is 84.1 Å². The minimum absolute atomic E-state index is 0.872. The lowest BCUT2D eigenvalue weighted by molar-refractivity contribution is 1.19. The maximum absolute atomic E-state index is 4.36. The van der Waals surface area contributed by atoms with Crippen LogP contribution in [0.4, 0.5) is 11.4 Å². The van der Waals surface area contributed by atoms with Gasteiger partial charge in [-0.2, -0.15) is 5.11 Å². The Labute approximate surface area is 122 Å². The molecule has 0 amide bonds. The normalized spacial score (nSPS) is 11.2. The topological polar surface area (TPSA) is 24.7 Å². The van der Waals surface area contributed by atoms with Crippen molar-refractivity contribution in [1.82, 2.24) is 0 Å². The highest BCUT2D eigenvalue weighted by Crippen LogP contribution is 2.31. The molecule has 0 N–H and O–H groups in total. The van der Waals surface area contributed by atoms with Gasteiger partial charge in [0.15, 0.2) is 0 Å². The van der Waals surface area contributed by atoms with Crippen molar-refractivity contribution in [3.8, 4) is 0 Å². The number of azo groups is 1. The maximum atomic E-state index is 4.36. The Kier molecular flexibility index (Phi) is 4.15. The van der Waals surface area contributed by atoms with Gasteiger partial charge in [0.05, 0.1) is 5.69 Å². The summed E-state index contributed by atoms with van der Waals surface area (Å²) >= 11 is 3.56. The number of hydrogen-bond acceptors (Lipinski definition) is 2. The van der Waals surface area contributed by atoms with Crippen molar-refractivity contribution in [3.05, 3.63) is 57.1 Å². The van der Waals surface area contributed by atoms with E-state index in [4.69, 9.17) is 0 Å². The molecule has 0 aliphatic carbocycles. The van der Waals surface area contributed by atoms with Gasteiger partial charge in [-0.15, -0.1) is 5.11 Å². The predicted molar refractivity (Wildman–Crippen MR) is 83.7 cm³/mol. The first kappa shape index (κ1) is 13.9. The Morgan fingerprint density at radius 3 is 1.95 bits per heavy atom. The summed E-state index contributed by atoms with van der Waals surface area (Å²) in [6.07, 6.45) is 0. The smallest absolute Gasteiger partial charge is 0.100 e. The number of rotatable bonds is 2. The van der Waals surface area contributed by atoms with Crippen molar-refractivity contribution in [2.24, 2.45) is 10.2 Å². The molecule has 0 atom stereocenters. The standard InChI is InChI=1S/C16H17BrN2/c1-10-5-11(2)8-14(7-10)18-19-15-9-12(3)6-13(4)16(15)17/h5-9H,1-4H3. The fourth-order valence-electron chi connectivity index (χ4n) is 2.12. The minimum atomic E-state index is 0.872. The molecule has 0 fully saturated rings. The van der Waals surface area contributed by atoms with Gasteiger partial charge in [0.2, 0.25) is 0 Å². The van der Waals surface area contributed by atoms with Crippen LogP contribution in [0.15, 0.2) is 45.0 Å². The van der Waals surface area contributed by atoms with E-state index >= 15 is 0 Å². The van der Waals surface area contributed by atoms with Crippen molar-refractivity contribution in [3.63, 3.8) is 0 Å². The number of halogens is 1. The fourth-order valence-corrected chi connectivity index (χ4v) is 2.43. The summed E-state index contributed by atoms with van der Waals surface area (Å²) in [4.78, 5) is 0. The third-order valence-electron chi connectivity index (χ3n) is 2.86.